The number of nitrogens with one attached hydrogen (secondary N) is 2. The molecule has 1 heterocycles. The van der Waals surface area contributed by atoms with Gasteiger partial charge < -0.3 is 0 Å². The molecule has 0 aliphatic carbocycles. The van der Waals surface area contributed by atoms with Gasteiger partial charge in [0.15, 0.2) is 0 Å². The molecule has 2 aromatic rings. The minimum atomic E-state index is -4.27. The summed E-state index contributed by atoms with van der Waals surface area (Å²) < 4.78 is 42.8. The van der Waals surface area contributed by atoms with Crippen LogP contribution < -0.4 is 22.5 Å². The van der Waals surface area contributed by atoms with Crippen molar-refractivity contribution < 1.29 is 22.4 Å². The Morgan fingerprint density at radius 1 is 1.12 bits per heavy atom. The quantitative estimate of drug-likeness (QED) is 0.280. The van der Waals surface area contributed by atoms with Gasteiger partial charge in [0, 0.05) is 17.1 Å². The summed E-state index contributed by atoms with van der Waals surface area (Å²) in [5, 5.41) is 0.362. The minimum absolute atomic E-state index is 0.0590. The summed E-state index contributed by atoms with van der Waals surface area (Å²) in [7, 11) is -4.27. The summed E-state index contributed by atoms with van der Waals surface area (Å²) in [6, 6.07) is 5.22. The smallest absolute Gasteiger partial charge is 0.253 e. The number of nitrogens with zero attached hydrogens (tertiary/aromatic N) is 1. The number of sulfonamides is 1. The van der Waals surface area contributed by atoms with Crippen LogP contribution in [0, 0.1) is 19.7 Å². The van der Waals surface area contributed by atoms with Crippen molar-refractivity contribution in [3.8, 4) is 0 Å². The molecule has 0 saturated carbocycles. The van der Waals surface area contributed by atoms with E-state index in [1.165, 1.54) is 24.3 Å². The number of hydrogen-bond donors (Lipinski definition) is 4. The molecule has 3 rings (SSSR count). The summed E-state index contributed by atoms with van der Waals surface area (Å²) in [6.07, 6.45) is 0.218. The number of rotatable bonds is 5. The van der Waals surface area contributed by atoms with Crippen LogP contribution in [-0.4, -0.2) is 37.1 Å². The number of carbonyl (C=O) groups excluding carboxylic acids is 2. The Balaban J connectivity index is 2.25. The Kier molecular flexibility index (Phi) is 6.86. The zero-order valence-electron chi connectivity index (χ0n) is 17.4. The van der Waals surface area contributed by atoms with Gasteiger partial charge in [0.2, 0.25) is 15.9 Å². The Morgan fingerprint density at radius 2 is 1.78 bits per heavy atom. The zero-order valence-corrected chi connectivity index (χ0v) is 18.9. The van der Waals surface area contributed by atoms with Crippen LogP contribution in [0.5, 0.6) is 0 Å². The van der Waals surface area contributed by atoms with Crippen LogP contribution in [0.2, 0.25) is 5.02 Å². The third-order valence-corrected chi connectivity index (χ3v) is 7.93. The molecule has 0 saturated heterocycles. The number of amides is 2. The van der Waals surface area contributed by atoms with Crippen LogP contribution in [0.15, 0.2) is 35.2 Å². The lowest BCUT2D eigenvalue weighted by atomic mass is 9.85. The molecule has 1 aliphatic heterocycles. The van der Waals surface area contributed by atoms with Crippen LogP contribution >= 0.6 is 11.6 Å². The van der Waals surface area contributed by atoms with Crippen LogP contribution in [-0.2, 0) is 26.0 Å². The van der Waals surface area contributed by atoms with E-state index >= 15 is 0 Å². The standard InChI is InChI=1S/C20H23ClFN5O4S/c1-10-3-5-14(22)16(11(10)2)17(19(28)25-23)18(20(29)26-24)27-8-7-12-9-13(21)4-6-15(12)32(27,30)31/h3-6,9,17-18H,7-8,23-24H2,1-2H3,(H,25,28)(H,26,29). The van der Waals surface area contributed by atoms with E-state index in [0.717, 1.165) is 10.4 Å². The molecule has 12 heteroatoms. The van der Waals surface area contributed by atoms with Crippen molar-refractivity contribution in [2.45, 2.75) is 37.1 Å². The van der Waals surface area contributed by atoms with Gasteiger partial charge in [-0.1, -0.05) is 17.7 Å². The van der Waals surface area contributed by atoms with E-state index in [9.17, 15) is 22.4 Å². The SMILES string of the molecule is Cc1ccc(F)c(C(C(=O)NN)C(C(=O)NN)N2CCc3cc(Cl)ccc3S2(=O)=O)c1C. The molecule has 2 aromatic carbocycles. The molecule has 2 unspecified atom stereocenters. The molecule has 172 valence electrons. The third kappa shape index (κ3) is 4.09. The molecular formula is C20H23ClFN5O4S. The number of benzene rings is 2. The van der Waals surface area contributed by atoms with Gasteiger partial charge in [-0.3, -0.25) is 20.4 Å². The van der Waals surface area contributed by atoms with Crippen molar-refractivity contribution in [3.63, 3.8) is 0 Å². The van der Waals surface area contributed by atoms with Gasteiger partial charge in [0.05, 0.1) is 10.8 Å². The number of hydrazine groups is 2. The lowest BCUT2D eigenvalue weighted by molar-refractivity contribution is -0.132. The maximum Gasteiger partial charge on any atom is 0.253 e. The van der Waals surface area contributed by atoms with Gasteiger partial charge in [0.25, 0.3) is 5.91 Å². The summed E-state index contributed by atoms with van der Waals surface area (Å²) in [6.45, 7) is 3.11. The zero-order chi connectivity index (χ0) is 23.8. The molecule has 0 fully saturated rings. The van der Waals surface area contributed by atoms with Gasteiger partial charge >= 0.3 is 0 Å². The predicted octanol–water partition coefficient (Wildman–Crippen LogP) is 0.775. The summed E-state index contributed by atoms with van der Waals surface area (Å²) >= 11 is 5.98. The number of halogens is 2. The lowest BCUT2D eigenvalue weighted by Gasteiger charge is -2.37. The summed E-state index contributed by atoms with van der Waals surface area (Å²) in [4.78, 5) is 25.7. The van der Waals surface area contributed by atoms with Crippen molar-refractivity contribution in [2.75, 3.05) is 6.54 Å². The Bertz CT molecular complexity index is 1190. The van der Waals surface area contributed by atoms with E-state index in [1.54, 1.807) is 13.8 Å². The molecule has 0 radical (unpaired) electrons. The fourth-order valence-corrected chi connectivity index (χ4v) is 6.03. The molecule has 2 amide bonds. The number of aryl methyl sites for hydroxylation is 1. The summed E-state index contributed by atoms with van der Waals surface area (Å²) in [5.74, 6) is 6.39. The maximum absolute atomic E-state index is 15.0. The van der Waals surface area contributed by atoms with E-state index in [4.69, 9.17) is 23.3 Å². The molecule has 1 aliphatic rings. The van der Waals surface area contributed by atoms with Crippen molar-refractivity contribution in [2.24, 2.45) is 11.7 Å². The topological polar surface area (TPSA) is 148 Å². The van der Waals surface area contributed by atoms with Gasteiger partial charge in [-0.05, 0) is 61.2 Å². The van der Waals surface area contributed by atoms with Crippen molar-refractivity contribution in [3.05, 3.63) is 63.4 Å². The van der Waals surface area contributed by atoms with E-state index in [1.807, 2.05) is 10.9 Å². The normalized spacial score (nSPS) is 17.2. The summed E-state index contributed by atoms with van der Waals surface area (Å²) in [5.41, 5.74) is 5.19. The average Bonchev–Trinajstić information content (AvgIpc) is 2.75. The molecule has 0 bridgehead atoms. The number of fused-ring (bicyclic) bond motifs is 1. The molecule has 6 N–H and O–H groups in total. The molecule has 0 spiro atoms. The largest absolute Gasteiger partial charge is 0.294 e. The van der Waals surface area contributed by atoms with Gasteiger partial charge in [-0.2, -0.15) is 4.31 Å². The van der Waals surface area contributed by atoms with Crippen LogP contribution in [0.1, 0.15) is 28.2 Å². The first-order valence-electron chi connectivity index (χ1n) is 9.61. The highest BCUT2D eigenvalue weighted by atomic mass is 35.5. The molecule has 0 aromatic heterocycles. The van der Waals surface area contributed by atoms with E-state index < -0.39 is 39.6 Å². The monoisotopic (exact) mass is 483 g/mol. The van der Waals surface area contributed by atoms with Gasteiger partial charge in [-0.25, -0.2) is 24.5 Å². The highest BCUT2D eigenvalue weighted by molar-refractivity contribution is 7.89. The van der Waals surface area contributed by atoms with E-state index in [-0.39, 0.29) is 23.4 Å². The van der Waals surface area contributed by atoms with E-state index in [0.29, 0.717) is 21.7 Å². The Hall–Kier alpha value is -2.57. The number of nitrogens with two attached hydrogens (primary N) is 2. The second-order valence-corrected chi connectivity index (χ2v) is 9.76. The average molecular weight is 484 g/mol. The Morgan fingerprint density at radius 3 is 2.41 bits per heavy atom. The first-order chi connectivity index (χ1) is 15.0. The fraction of sp³-hybridized carbons (Fsp3) is 0.300. The van der Waals surface area contributed by atoms with Crippen LogP contribution in [0.3, 0.4) is 0 Å². The first kappa shape index (κ1) is 24.1. The van der Waals surface area contributed by atoms with Crippen LogP contribution in [0.25, 0.3) is 0 Å². The lowest BCUT2D eigenvalue weighted by Crippen LogP contribution is -2.58. The highest BCUT2D eigenvalue weighted by Crippen LogP contribution is 2.36. The van der Waals surface area contributed by atoms with Crippen molar-refractivity contribution in [1.29, 1.82) is 0 Å². The third-order valence-electron chi connectivity index (χ3n) is 5.72. The number of carbonyl (C=O) groups is 2. The molecular weight excluding hydrogens is 461 g/mol. The van der Waals surface area contributed by atoms with E-state index in [2.05, 4.69) is 0 Å². The highest BCUT2D eigenvalue weighted by Gasteiger charge is 2.47. The molecule has 2 atom stereocenters. The molecule has 32 heavy (non-hydrogen) atoms. The predicted molar refractivity (Wildman–Crippen MR) is 116 cm³/mol. The number of hydrogen-bond acceptors (Lipinski definition) is 6. The molecule has 9 nitrogen and oxygen atoms in total. The van der Waals surface area contributed by atoms with Crippen molar-refractivity contribution >= 4 is 33.4 Å². The van der Waals surface area contributed by atoms with Gasteiger partial charge in [-0.15, -0.1) is 0 Å². The minimum Gasteiger partial charge on any atom is -0.294 e. The van der Waals surface area contributed by atoms with Gasteiger partial charge in [0.1, 0.15) is 11.9 Å². The first-order valence-corrected chi connectivity index (χ1v) is 11.4. The second kappa shape index (κ2) is 9.12. The Labute approximate surface area is 189 Å². The van der Waals surface area contributed by atoms with Crippen LogP contribution in [0.4, 0.5) is 4.39 Å². The maximum atomic E-state index is 15.0. The fourth-order valence-electron chi connectivity index (χ4n) is 4.00. The second-order valence-electron chi connectivity index (χ2n) is 7.46. The van der Waals surface area contributed by atoms with Crippen molar-refractivity contribution in [1.82, 2.24) is 15.2 Å².